The van der Waals surface area contributed by atoms with Crippen LogP contribution in [0.3, 0.4) is 0 Å². The average Bonchev–Trinajstić information content (AvgIpc) is 2.13. The zero-order chi connectivity index (χ0) is 13.1. The Morgan fingerprint density at radius 3 is 2.71 bits per heavy atom. The number of anilines is 2. The number of nitrogens with one attached hydrogen (secondary N) is 2. The molecule has 6 nitrogen and oxygen atoms in total. The molecule has 0 unspecified atom stereocenters. The van der Waals surface area contributed by atoms with Crippen LogP contribution < -0.4 is 16.6 Å². The van der Waals surface area contributed by atoms with Gasteiger partial charge in [0.2, 0.25) is 0 Å². The van der Waals surface area contributed by atoms with E-state index in [1.165, 1.54) is 0 Å². The summed E-state index contributed by atoms with van der Waals surface area (Å²) in [5.74, 6) is 0.360. The molecule has 0 fully saturated rings. The van der Waals surface area contributed by atoms with Crippen LogP contribution in [0.15, 0.2) is 16.7 Å². The number of amides is 1. The van der Waals surface area contributed by atoms with Crippen LogP contribution in [0.4, 0.5) is 16.3 Å². The lowest BCUT2D eigenvalue weighted by Crippen LogP contribution is -2.36. The minimum absolute atomic E-state index is 0.360. The second-order valence-corrected chi connectivity index (χ2v) is 5.26. The Labute approximate surface area is 108 Å². The van der Waals surface area contributed by atoms with Crippen molar-refractivity contribution in [2.24, 2.45) is 0 Å². The first-order valence-electron chi connectivity index (χ1n) is 4.94. The molecule has 4 N–H and O–H groups in total. The van der Waals surface area contributed by atoms with Crippen molar-refractivity contribution >= 4 is 33.5 Å². The summed E-state index contributed by atoms with van der Waals surface area (Å²) in [6, 6.07) is 1.67. The molecule has 0 bridgehead atoms. The fraction of sp³-hybridized carbons (Fsp3) is 0.400. The maximum atomic E-state index is 11.3. The van der Waals surface area contributed by atoms with E-state index in [0.717, 1.165) is 4.47 Å². The summed E-state index contributed by atoms with van der Waals surface area (Å²) in [4.78, 5) is 15.3. The lowest BCUT2D eigenvalue weighted by molar-refractivity contribution is 0.0541. The minimum atomic E-state index is -0.596. The Balaban J connectivity index is 2.53. The van der Waals surface area contributed by atoms with Gasteiger partial charge < -0.3 is 10.5 Å². The number of nitrogens with zero attached hydrogens (tertiary/aromatic N) is 1. The maximum absolute atomic E-state index is 11.3. The van der Waals surface area contributed by atoms with Crippen molar-refractivity contribution in [2.45, 2.75) is 26.4 Å². The van der Waals surface area contributed by atoms with Gasteiger partial charge in [0.15, 0.2) is 5.82 Å². The van der Waals surface area contributed by atoms with E-state index >= 15 is 0 Å². The number of rotatable bonds is 2. The number of carbonyl (C=O) groups is 1. The molecule has 0 saturated carbocycles. The van der Waals surface area contributed by atoms with E-state index in [4.69, 9.17) is 10.5 Å². The molecular weight excluding hydrogens is 288 g/mol. The number of nitrogens with two attached hydrogens (primary N) is 1. The highest BCUT2D eigenvalue weighted by Gasteiger charge is 2.16. The molecular formula is C10H15BrN4O2. The Kier molecular flexibility index (Phi) is 4.17. The Morgan fingerprint density at radius 1 is 1.53 bits per heavy atom. The third-order valence-electron chi connectivity index (χ3n) is 1.57. The molecule has 0 saturated heterocycles. The third kappa shape index (κ3) is 4.90. The summed E-state index contributed by atoms with van der Waals surface area (Å²) in [6.07, 6.45) is 0.969. The average molecular weight is 303 g/mol. The van der Waals surface area contributed by atoms with Crippen LogP contribution in [-0.4, -0.2) is 16.7 Å². The van der Waals surface area contributed by atoms with Crippen molar-refractivity contribution in [1.82, 2.24) is 10.4 Å². The molecule has 0 aliphatic rings. The molecule has 17 heavy (non-hydrogen) atoms. The summed E-state index contributed by atoms with van der Waals surface area (Å²) in [5.41, 5.74) is 10.5. The van der Waals surface area contributed by atoms with Crippen molar-refractivity contribution < 1.29 is 9.53 Å². The summed E-state index contributed by atoms with van der Waals surface area (Å²) in [6.45, 7) is 5.33. The van der Waals surface area contributed by atoms with Crippen LogP contribution in [0.2, 0.25) is 0 Å². The van der Waals surface area contributed by atoms with E-state index in [1.54, 1.807) is 33.0 Å². The molecule has 7 heteroatoms. The first kappa shape index (κ1) is 13.6. The highest BCUT2D eigenvalue weighted by atomic mass is 79.9. The first-order chi connectivity index (χ1) is 7.78. The van der Waals surface area contributed by atoms with Crippen LogP contribution in [0.25, 0.3) is 0 Å². The predicted molar refractivity (Wildman–Crippen MR) is 69.3 cm³/mol. The molecule has 1 aromatic rings. The van der Waals surface area contributed by atoms with E-state index in [0.29, 0.717) is 11.5 Å². The van der Waals surface area contributed by atoms with Crippen LogP contribution in [-0.2, 0) is 4.74 Å². The highest BCUT2D eigenvalue weighted by molar-refractivity contribution is 9.10. The molecule has 0 aromatic carbocycles. The van der Waals surface area contributed by atoms with Gasteiger partial charge >= 0.3 is 6.09 Å². The van der Waals surface area contributed by atoms with Gasteiger partial charge in [0, 0.05) is 10.7 Å². The van der Waals surface area contributed by atoms with Crippen LogP contribution in [0.5, 0.6) is 0 Å². The number of hydrogen-bond donors (Lipinski definition) is 3. The maximum Gasteiger partial charge on any atom is 0.426 e. The molecule has 1 rings (SSSR count). The second kappa shape index (κ2) is 5.22. The van der Waals surface area contributed by atoms with Gasteiger partial charge in [-0.15, -0.1) is 0 Å². The minimum Gasteiger partial charge on any atom is -0.443 e. The molecule has 94 valence electrons. The van der Waals surface area contributed by atoms with Gasteiger partial charge in [0.1, 0.15) is 5.60 Å². The number of pyridine rings is 1. The fourth-order valence-electron chi connectivity index (χ4n) is 0.973. The Hall–Kier alpha value is -1.50. The van der Waals surface area contributed by atoms with E-state index < -0.39 is 11.7 Å². The van der Waals surface area contributed by atoms with E-state index in [2.05, 4.69) is 31.8 Å². The summed E-state index contributed by atoms with van der Waals surface area (Å²) >= 11 is 3.23. The quantitative estimate of drug-likeness (QED) is 0.729. The monoisotopic (exact) mass is 302 g/mol. The first-order valence-corrected chi connectivity index (χ1v) is 5.73. The number of hydrogen-bond acceptors (Lipinski definition) is 5. The van der Waals surface area contributed by atoms with Gasteiger partial charge in [-0.05, 0) is 42.8 Å². The van der Waals surface area contributed by atoms with Crippen molar-refractivity contribution in [2.75, 3.05) is 11.2 Å². The van der Waals surface area contributed by atoms with Crippen molar-refractivity contribution in [3.63, 3.8) is 0 Å². The summed E-state index contributed by atoms with van der Waals surface area (Å²) in [5, 5.41) is 0. The van der Waals surface area contributed by atoms with Crippen LogP contribution in [0, 0.1) is 0 Å². The fourth-order valence-corrected chi connectivity index (χ4v) is 1.32. The molecule has 0 spiro atoms. The van der Waals surface area contributed by atoms with Gasteiger partial charge in [-0.3, -0.25) is 5.43 Å². The lowest BCUT2D eigenvalue weighted by atomic mass is 10.2. The van der Waals surface area contributed by atoms with Crippen molar-refractivity contribution in [3.05, 3.63) is 16.7 Å². The lowest BCUT2D eigenvalue weighted by Gasteiger charge is -2.20. The van der Waals surface area contributed by atoms with Gasteiger partial charge in [0.25, 0.3) is 0 Å². The Bertz CT molecular complexity index is 417. The summed E-state index contributed by atoms with van der Waals surface area (Å²) < 4.78 is 5.79. The zero-order valence-electron chi connectivity index (χ0n) is 9.87. The summed E-state index contributed by atoms with van der Waals surface area (Å²) in [7, 11) is 0. The number of carbonyl (C=O) groups excluding carboxylic acids is 1. The Morgan fingerprint density at radius 2 is 2.18 bits per heavy atom. The van der Waals surface area contributed by atoms with Crippen molar-refractivity contribution in [3.8, 4) is 0 Å². The molecule has 1 amide bonds. The highest BCUT2D eigenvalue weighted by Crippen LogP contribution is 2.19. The topological polar surface area (TPSA) is 89.3 Å². The van der Waals surface area contributed by atoms with Gasteiger partial charge in [0.05, 0.1) is 5.69 Å². The molecule has 1 heterocycles. The SMILES string of the molecule is CC(C)(C)OC(=O)NNc1ncc(Br)cc1N. The zero-order valence-corrected chi connectivity index (χ0v) is 11.5. The number of halogens is 1. The van der Waals surface area contributed by atoms with Gasteiger partial charge in [-0.2, -0.15) is 0 Å². The number of hydrazine groups is 1. The van der Waals surface area contributed by atoms with Crippen molar-refractivity contribution in [1.29, 1.82) is 0 Å². The van der Waals surface area contributed by atoms with Crippen LogP contribution in [0.1, 0.15) is 20.8 Å². The third-order valence-corrected chi connectivity index (χ3v) is 2.00. The molecule has 0 aliphatic carbocycles. The predicted octanol–water partition coefficient (Wildman–Crippen LogP) is 2.28. The number of ether oxygens (including phenoxy) is 1. The number of aromatic nitrogens is 1. The normalized spacial score (nSPS) is 10.8. The van der Waals surface area contributed by atoms with Crippen LogP contribution >= 0.6 is 15.9 Å². The largest absolute Gasteiger partial charge is 0.443 e. The molecule has 1 aromatic heterocycles. The standard InChI is InChI=1S/C10H15BrN4O2/c1-10(2,3)17-9(16)15-14-8-7(12)4-6(11)5-13-8/h4-5H,12H2,1-3H3,(H,13,14)(H,15,16). The second-order valence-electron chi connectivity index (χ2n) is 4.34. The van der Waals surface area contributed by atoms with Gasteiger partial charge in [-0.1, -0.05) is 0 Å². The van der Waals surface area contributed by atoms with E-state index in [1.807, 2.05) is 0 Å². The molecule has 0 aliphatic heterocycles. The van der Waals surface area contributed by atoms with E-state index in [9.17, 15) is 4.79 Å². The molecule has 0 atom stereocenters. The number of nitrogen functional groups attached to an aromatic ring is 1. The van der Waals surface area contributed by atoms with E-state index in [-0.39, 0.29) is 0 Å². The molecule has 0 radical (unpaired) electrons. The van der Waals surface area contributed by atoms with Gasteiger partial charge in [-0.25, -0.2) is 15.2 Å². The smallest absolute Gasteiger partial charge is 0.426 e.